The molecule has 1 atom stereocenters. The molecule has 0 radical (unpaired) electrons. The molecule has 1 aromatic rings. The average Bonchev–Trinajstić information content (AvgIpc) is 2.54. The third kappa shape index (κ3) is 3.26. The van der Waals surface area contributed by atoms with Crippen molar-refractivity contribution in [1.82, 2.24) is 25.5 Å². The Labute approximate surface area is 88.6 Å². The summed E-state index contributed by atoms with van der Waals surface area (Å²) in [4.78, 5) is 0. The number of nitrogens with one attached hydrogen (secondary N) is 1. The molecule has 5 nitrogen and oxygen atoms in total. The molecule has 0 bridgehead atoms. The molecule has 1 rings (SSSR count). The molecule has 0 saturated carbocycles. The lowest BCUT2D eigenvalue weighted by Gasteiger charge is -2.10. The van der Waals surface area contributed by atoms with Crippen molar-refractivity contribution < 1.29 is 0 Å². The highest BCUT2D eigenvalue weighted by Gasteiger charge is 2.08. The van der Waals surface area contributed by atoms with Crippen LogP contribution in [0.15, 0.2) is 0 Å². The van der Waals surface area contributed by atoms with Crippen LogP contribution in [0, 0.1) is 5.92 Å². The summed E-state index contributed by atoms with van der Waals surface area (Å²) in [5.41, 5.74) is 0. The number of thioether (sulfide) groups is 1. The summed E-state index contributed by atoms with van der Waals surface area (Å²) in [5.74, 6) is 2.64. The number of hydrogen-bond acceptors (Lipinski definition) is 5. The Balaban J connectivity index is 2.52. The second-order valence-corrected chi connectivity index (χ2v) is 4.28. The highest BCUT2D eigenvalue weighted by molar-refractivity contribution is 7.98. The summed E-state index contributed by atoms with van der Waals surface area (Å²) < 4.78 is 1.87. The number of tetrazole rings is 1. The maximum absolute atomic E-state index is 3.96. The van der Waals surface area contributed by atoms with Gasteiger partial charge in [0.1, 0.15) is 0 Å². The van der Waals surface area contributed by atoms with E-state index in [0.29, 0.717) is 5.92 Å². The molecular weight excluding hydrogens is 198 g/mol. The van der Waals surface area contributed by atoms with Gasteiger partial charge < -0.3 is 5.32 Å². The summed E-state index contributed by atoms with van der Waals surface area (Å²) in [7, 11) is 1.89. The molecule has 0 aliphatic carbocycles. The van der Waals surface area contributed by atoms with Crippen molar-refractivity contribution in [2.75, 3.05) is 19.1 Å². The van der Waals surface area contributed by atoms with Gasteiger partial charge in [-0.1, -0.05) is 6.92 Å². The zero-order valence-electron chi connectivity index (χ0n) is 8.90. The smallest absolute Gasteiger partial charge is 0.165 e. The Hall–Kier alpha value is -0.620. The van der Waals surface area contributed by atoms with E-state index in [-0.39, 0.29) is 0 Å². The van der Waals surface area contributed by atoms with Crippen molar-refractivity contribution in [2.24, 2.45) is 5.92 Å². The fraction of sp³-hybridized carbons (Fsp3) is 0.875. The number of hydrogen-bond donors (Lipinski definition) is 1. The van der Waals surface area contributed by atoms with E-state index in [1.54, 1.807) is 0 Å². The van der Waals surface area contributed by atoms with E-state index in [1.807, 2.05) is 23.5 Å². The van der Waals surface area contributed by atoms with Crippen LogP contribution in [0.1, 0.15) is 12.7 Å². The third-order valence-corrected chi connectivity index (χ3v) is 2.78. The standard InChI is InChI=1S/C8H17N5S/c1-7(6-14-3)5-13-8(4-9-2)10-11-12-13/h7,9H,4-6H2,1-3H3. The van der Waals surface area contributed by atoms with Crippen molar-refractivity contribution in [2.45, 2.75) is 20.0 Å². The molecule has 80 valence electrons. The molecule has 14 heavy (non-hydrogen) atoms. The first-order valence-electron chi connectivity index (χ1n) is 4.66. The van der Waals surface area contributed by atoms with Crippen LogP contribution < -0.4 is 5.32 Å². The number of nitrogens with zero attached hydrogens (tertiary/aromatic N) is 4. The SMILES string of the molecule is CNCc1nnnn1CC(C)CSC. The van der Waals surface area contributed by atoms with Gasteiger partial charge in [0.25, 0.3) is 0 Å². The Morgan fingerprint density at radius 3 is 3.00 bits per heavy atom. The van der Waals surface area contributed by atoms with Gasteiger partial charge in [-0.05, 0) is 35.4 Å². The lowest BCUT2D eigenvalue weighted by atomic mass is 10.2. The van der Waals surface area contributed by atoms with Crippen molar-refractivity contribution in [3.05, 3.63) is 5.82 Å². The Morgan fingerprint density at radius 1 is 1.57 bits per heavy atom. The van der Waals surface area contributed by atoms with Gasteiger partial charge in [0.2, 0.25) is 0 Å². The van der Waals surface area contributed by atoms with E-state index in [1.165, 1.54) is 0 Å². The second kappa shape index (κ2) is 5.98. The first-order chi connectivity index (χ1) is 6.77. The highest BCUT2D eigenvalue weighted by Crippen LogP contribution is 2.07. The van der Waals surface area contributed by atoms with Crippen LogP contribution in [0.5, 0.6) is 0 Å². The van der Waals surface area contributed by atoms with Crippen LogP contribution in [0.3, 0.4) is 0 Å². The van der Waals surface area contributed by atoms with Gasteiger partial charge in [-0.25, -0.2) is 4.68 Å². The van der Waals surface area contributed by atoms with E-state index in [9.17, 15) is 0 Å². The van der Waals surface area contributed by atoms with Crippen LogP contribution >= 0.6 is 11.8 Å². The molecule has 0 amide bonds. The topological polar surface area (TPSA) is 55.6 Å². The number of rotatable bonds is 6. The third-order valence-electron chi connectivity index (χ3n) is 1.88. The zero-order valence-corrected chi connectivity index (χ0v) is 9.71. The van der Waals surface area contributed by atoms with Gasteiger partial charge in [-0.2, -0.15) is 11.8 Å². The van der Waals surface area contributed by atoms with Gasteiger partial charge in [-0.3, -0.25) is 0 Å². The predicted octanol–water partition coefficient (Wildman–Crippen LogP) is 0.392. The minimum absolute atomic E-state index is 0.601. The Morgan fingerprint density at radius 2 is 2.36 bits per heavy atom. The van der Waals surface area contributed by atoms with Crippen LogP contribution in [-0.2, 0) is 13.1 Å². The van der Waals surface area contributed by atoms with E-state index < -0.39 is 0 Å². The largest absolute Gasteiger partial charge is 0.313 e. The van der Waals surface area contributed by atoms with Gasteiger partial charge in [-0.15, -0.1) is 5.10 Å². The van der Waals surface area contributed by atoms with Crippen molar-refractivity contribution in [3.8, 4) is 0 Å². The van der Waals surface area contributed by atoms with Crippen LogP contribution in [0.25, 0.3) is 0 Å². The fourth-order valence-corrected chi connectivity index (χ4v) is 1.96. The predicted molar refractivity (Wildman–Crippen MR) is 58.1 cm³/mol. The quantitative estimate of drug-likeness (QED) is 0.744. The molecule has 1 N–H and O–H groups in total. The summed E-state index contributed by atoms with van der Waals surface area (Å²) in [6, 6.07) is 0. The minimum Gasteiger partial charge on any atom is -0.313 e. The van der Waals surface area contributed by atoms with Crippen molar-refractivity contribution in [1.29, 1.82) is 0 Å². The van der Waals surface area contributed by atoms with Gasteiger partial charge in [0.05, 0.1) is 6.54 Å². The average molecular weight is 215 g/mol. The summed E-state index contributed by atoms with van der Waals surface area (Å²) in [6.45, 7) is 3.82. The van der Waals surface area contributed by atoms with E-state index >= 15 is 0 Å². The van der Waals surface area contributed by atoms with E-state index in [4.69, 9.17) is 0 Å². The van der Waals surface area contributed by atoms with E-state index in [2.05, 4.69) is 34.0 Å². The zero-order chi connectivity index (χ0) is 10.4. The lowest BCUT2D eigenvalue weighted by Crippen LogP contribution is -2.17. The van der Waals surface area contributed by atoms with Gasteiger partial charge in [0.15, 0.2) is 5.82 Å². The molecule has 0 aromatic carbocycles. The molecule has 0 fully saturated rings. The minimum atomic E-state index is 0.601. The molecule has 1 aromatic heterocycles. The monoisotopic (exact) mass is 215 g/mol. The van der Waals surface area contributed by atoms with Gasteiger partial charge in [0, 0.05) is 6.54 Å². The summed E-state index contributed by atoms with van der Waals surface area (Å²) >= 11 is 1.85. The van der Waals surface area contributed by atoms with Crippen LogP contribution in [-0.4, -0.2) is 39.3 Å². The molecule has 1 unspecified atom stereocenters. The summed E-state index contributed by atoms with van der Waals surface area (Å²) in [6.07, 6.45) is 2.12. The van der Waals surface area contributed by atoms with Crippen molar-refractivity contribution in [3.63, 3.8) is 0 Å². The first-order valence-corrected chi connectivity index (χ1v) is 6.06. The first kappa shape index (κ1) is 11.5. The van der Waals surface area contributed by atoms with E-state index in [0.717, 1.165) is 24.7 Å². The second-order valence-electron chi connectivity index (χ2n) is 3.37. The maximum Gasteiger partial charge on any atom is 0.165 e. The molecule has 6 heteroatoms. The Bertz CT molecular complexity index is 262. The molecule has 0 aliphatic rings. The normalized spacial score (nSPS) is 13.1. The molecule has 1 heterocycles. The summed E-state index contributed by atoms with van der Waals surface area (Å²) in [5, 5.41) is 14.6. The maximum atomic E-state index is 3.96. The molecule has 0 saturated heterocycles. The lowest BCUT2D eigenvalue weighted by molar-refractivity contribution is 0.459. The van der Waals surface area contributed by atoms with Crippen molar-refractivity contribution >= 4 is 11.8 Å². The van der Waals surface area contributed by atoms with Crippen LogP contribution in [0.2, 0.25) is 0 Å². The van der Waals surface area contributed by atoms with Gasteiger partial charge >= 0.3 is 0 Å². The fourth-order valence-electron chi connectivity index (χ4n) is 1.28. The molecule has 0 spiro atoms. The Kier molecular flexibility index (Phi) is 4.89. The molecular formula is C8H17N5S. The highest BCUT2D eigenvalue weighted by atomic mass is 32.2. The van der Waals surface area contributed by atoms with Crippen LogP contribution in [0.4, 0.5) is 0 Å². The number of aromatic nitrogens is 4. The molecule has 0 aliphatic heterocycles.